The van der Waals surface area contributed by atoms with E-state index in [1.165, 1.54) is 0 Å². The number of fused-ring (bicyclic) bond motifs is 1. The predicted molar refractivity (Wildman–Crippen MR) is 74.7 cm³/mol. The minimum Gasteiger partial charge on any atom is -0.342 e. The van der Waals surface area contributed by atoms with Crippen LogP contribution >= 0.6 is 15.9 Å². The van der Waals surface area contributed by atoms with Gasteiger partial charge in [0.15, 0.2) is 5.65 Å². The van der Waals surface area contributed by atoms with Crippen molar-refractivity contribution in [3.8, 4) is 0 Å². The number of nitrogens with two attached hydrogens (primary N) is 1. The summed E-state index contributed by atoms with van der Waals surface area (Å²) < 4.78 is 2.93. The second kappa shape index (κ2) is 4.20. The summed E-state index contributed by atoms with van der Waals surface area (Å²) >= 11 is 3.47. The van der Waals surface area contributed by atoms with E-state index in [2.05, 4.69) is 37.7 Å². The van der Waals surface area contributed by atoms with Gasteiger partial charge in [0, 0.05) is 37.2 Å². The Morgan fingerprint density at radius 3 is 2.78 bits per heavy atom. The number of aromatic nitrogens is 3. The molecular weight excluding hydrogens is 294 g/mol. The van der Waals surface area contributed by atoms with Crippen LogP contribution in [-0.2, 0) is 0 Å². The summed E-state index contributed by atoms with van der Waals surface area (Å²) in [7, 11) is 0. The van der Waals surface area contributed by atoms with Crippen molar-refractivity contribution >= 4 is 27.5 Å². The second-order valence-corrected chi connectivity index (χ2v) is 6.02. The highest BCUT2D eigenvalue weighted by Gasteiger charge is 2.27. The summed E-state index contributed by atoms with van der Waals surface area (Å²) in [5.41, 5.74) is 7.02. The van der Waals surface area contributed by atoms with Crippen molar-refractivity contribution in [1.29, 1.82) is 0 Å². The van der Waals surface area contributed by atoms with E-state index < -0.39 is 0 Å². The van der Waals surface area contributed by atoms with Crippen molar-refractivity contribution in [3.63, 3.8) is 0 Å². The van der Waals surface area contributed by atoms with Gasteiger partial charge in [-0.3, -0.25) is 4.40 Å². The Bertz CT molecular complexity index is 567. The van der Waals surface area contributed by atoms with Crippen LogP contribution in [0.5, 0.6) is 0 Å². The van der Waals surface area contributed by atoms with Crippen LogP contribution in [0.15, 0.2) is 23.1 Å². The SMILES string of the molecule is CC1(N)CCN(c2ncc(Br)c3nccn23)CC1. The number of halogens is 1. The molecule has 2 aromatic rings. The zero-order valence-corrected chi connectivity index (χ0v) is 11.9. The number of piperidine rings is 1. The molecule has 3 heterocycles. The molecule has 2 aromatic heterocycles. The number of nitrogens with zero attached hydrogens (tertiary/aromatic N) is 4. The molecule has 6 heteroatoms. The van der Waals surface area contributed by atoms with Crippen molar-refractivity contribution in [3.05, 3.63) is 23.1 Å². The van der Waals surface area contributed by atoms with E-state index in [-0.39, 0.29) is 5.54 Å². The highest BCUT2D eigenvalue weighted by Crippen LogP contribution is 2.25. The molecule has 0 aliphatic carbocycles. The monoisotopic (exact) mass is 309 g/mol. The summed E-state index contributed by atoms with van der Waals surface area (Å²) in [5, 5.41) is 0. The van der Waals surface area contributed by atoms with Gasteiger partial charge >= 0.3 is 0 Å². The maximum absolute atomic E-state index is 6.16. The molecule has 1 aliphatic rings. The molecule has 1 saturated heterocycles. The predicted octanol–water partition coefficient (Wildman–Crippen LogP) is 1.81. The van der Waals surface area contributed by atoms with Crippen LogP contribution in [0.4, 0.5) is 5.95 Å². The number of hydrogen-bond acceptors (Lipinski definition) is 4. The molecule has 0 saturated carbocycles. The third-order valence-electron chi connectivity index (χ3n) is 3.55. The Morgan fingerprint density at radius 1 is 1.33 bits per heavy atom. The van der Waals surface area contributed by atoms with Crippen molar-refractivity contribution in [2.75, 3.05) is 18.0 Å². The highest BCUT2D eigenvalue weighted by molar-refractivity contribution is 9.10. The van der Waals surface area contributed by atoms with Gasteiger partial charge in [0.25, 0.3) is 0 Å². The molecule has 2 N–H and O–H groups in total. The molecule has 0 radical (unpaired) electrons. The number of anilines is 1. The normalized spacial score (nSPS) is 19.4. The summed E-state index contributed by atoms with van der Waals surface area (Å²) in [6.07, 6.45) is 7.52. The van der Waals surface area contributed by atoms with E-state index in [1.54, 1.807) is 6.20 Å². The van der Waals surface area contributed by atoms with Crippen molar-refractivity contribution in [1.82, 2.24) is 14.4 Å². The first-order valence-electron chi connectivity index (χ1n) is 6.08. The molecule has 0 aromatic carbocycles. The third-order valence-corrected chi connectivity index (χ3v) is 4.11. The first-order valence-corrected chi connectivity index (χ1v) is 6.87. The number of rotatable bonds is 1. The highest BCUT2D eigenvalue weighted by atomic mass is 79.9. The molecule has 18 heavy (non-hydrogen) atoms. The van der Waals surface area contributed by atoms with Crippen molar-refractivity contribution in [2.24, 2.45) is 5.73 Å². The zero-order valence-electron chi connectivity index (χ0n) is 10.3. The fourth-order valence-electron chi connectivity index (χ4n) is 2.33. The van der Waals surface area contributed by atoms with Crippen LogP contribution in [0.25, 0.3) is 5.65 Å². The van der Waals surface area contributed by atoms with Gasteiger partial charge in [-0.15, -0.1) is 0 Å². The minimum atomic E-state index is -0.0417. The molecule has 96 valence electrons. The standard InChI is InChI=1S/C12H16BrN5/c1-12(14)2-5-17(6-3-12)11-16-8-9(13)10-15-4-7-18(10)11/h4,7-8H,2-3,5-6,14H2,1H3. The Kier molecular flexibility index (Phi) is 2.79. The van der Waals surface area contributed by atoms with Crippen LogP contribution in [0.2, 0.25) is 0 Å². The summed E-state index contributed by atoms with van der Waals surface area (Å²) in [6.45, 7) is 4.00. The Hall–Kier alpha value is -1.14. The van der Waals surface area contributed by atoms with E-state index in [0.29, 0.717) is 0 Å². The van der Waals surface area contributed by atoms with Gasteiger partial charge in [-0.25, -0.2) is 9.97 Å². The van der Waals surface area contributed by atoms with E-state index in [0.717, 1.165) is 42.0 Å². The lowest BCUT2D eigenvalue weighted by Crippen LogP contribution is -2.48. The molecule has 5 nitrogen and oxygen atoms in total. The topological polar surface area (TPSA) is 59.5 Å². The lowest BCUT2D eigenvalue weighted by molar-refractivity contribution is 0.361. The lowest BCUT2D eigenvalue weighted by atomic mass is 9.91. The quantitative estimate of drug-likeness (QED) is 0.873. The zero-order chi connectivity index (χ0) is 12.8. The second-order valence-electron chi connectivity index (χ2n) is 5.17. The van der Waals surface area contributed by atoms with Crippen molar-refractivity contribution in [2.45, 2.75) is 25.3 Å². The summed E-state index contributed by atoms with van der Waals surface area (Å²) in [5.74, 6) is 0.946. The Balaban J connectivity index is 1.96. The van der Waals surface area contributed by atoms with Gasteiger partial charge in [-0.2, -0.15) is 0 Å². The van der Waals surface area contributed by atoms with Crippen LogP contribution in [0.1, 0.15) is 19.8 Å². The number of hydrogen-bond donors (Lipinski definition) is 1. The number of imidazole rings is 1. The Morgan fingerprint density at radius 2 is 2.06 bits per heavy atom. The fraction of sp³-hybridized carbons (Fsp3) is 0.500. The average Bonchev–Trinajstić information content (AvgIpc) is 2.80. The molecule has 0 spiro atoms. The van der Waals surface area contributed by atoms with Gasteiger partial charge in [-0.05, 0) is 35.7 Å². The van der Waals surface area contributed by atoms with E-state index in [9.17, 15) is 0 Å². The first-order chi connectivity index (χ1) is 8.57. The lowest BCUT2D eigenvalue weighted by Gasteiger charge is -2.37. The van der Waals surface area contributed by atoms with Crippen LogP contribution in [-0.4, -0.2) is 33.0 Å². The molecule has 0 bridgehead atoms. The van der Waals surface area contributed by atoms with E-state index in [1.807, 2.05) is 16.8 Å². The van der Waals surface area contributed by atoms with Crippen LogP contribution in [0.3, 0.4) is 0 Å². The minimum absolute atomic E-state index is 0.0417. The molecule has 0 unspecified atom stereocenters. The van der Waals surface area contributed by atoms with Gasteiger partial charge < -0.3 is 10.6 Å². The van der Waals surface area contributed by atoms with E-state index >= 15 is 0 Å². The third kappa shape index (κ3) is 1.99. The molecule has 1 aliphatic heterocycles. The van der Waals surface area contributed by atoms with E-state index in [4.69, 9.17) is 5.73 Å². The molecule has 0 atom stereocenters. The molecule has 3 rings (SSSR count). The molecule has 0 amide bonds. The van der Waals surface area contributed by atoms with Crippen LogP contribution in [0, 0.1) is 0 Å². The smallest absolute Gasteiger partial charge is 0.211 e. The van der Waals surface area contributed by atoms with Crippen LogP contribution < -0.4 is 10.6 Å². The maximum atomic E-state index is 6.16. The van der Waals surface area contributed by atoms with Crippen molar-refractivity contribution < 1.29 is 0 Å². The van der Waals surface area contributed by atoms with Gasteiger partial charge in [0.2, 0.25) is 5.95 Å². The maximum Gasteiger partial charge on any atom is 0.211 e. The fourth-order valence-corrected chi connectivity index (χ4v) is 2.72. The summed E-state index contributed by atoms with van der Waals surface area (Å²) in [4.78, 5) is 11.1. The molecular formula is C12H16BrN5. The van der Waals surface area contributed by atoms with Gasteiger partial charge in [0.05, 0.1) is 4.47 Å². The first kappa shape index (κ1) is 11.9. The Labute approximate surface area is 114 Å². The van der Waals surface area contributed by atoms with Gasteiger partial charge in [-0.1, -0.05) is 0 Å². The average molecular weight is 310 g/mol. The summed E-state index contributed by atoms with van der Waals surface area (Å²) in [6, 6.07) is 0. The molecule has 1 fully saturated rings. The largest absolute Gasteiger partial charge is 0.342 e. The van der Waals surface area contributed by atoms with Gasteiger partial charge in [0.1, 0.15) is 0 Å².